The molecule has 0 N–H and O–H groups in total. The molecule has 3 heterocycles. The monoisotopic (exact) mass is 396 g/mol. The van der Waals surface area contributed by atoms with Crippen LogP contribution >= 0.6 is 0 Å². The highest BCUT2D eigenvalue weighted by molar-refractivity contribution is 5.94. The SMILES string of the molecule is O=C(c1ccc2ccccc2n1)N1CCC(Cn2ccnc2-c2ccccc2)CC1. The molecule has 1 aliphatic rings. The van der Waals surface area contributed by atoms with Crippen LogP contribution in [0.4, 0.5) is 0 Å². The van der Waals surface area contributed by atoms with Gasteiger partial charge in [-0.2, -0.15) is 0 Å². The van der Waals surface area contributed by atoms with Crippen molar-refractivity contribution < 1.29 is 4.79 Å². The van der Waals surface area contributed by atoms with Gasteiger partial charge in [0.25, 0.3) is 5.91 Å². The second-order valence-corrected chi connectivity index (χ2v) is 7.89. The molecule has 5 heteroatoms. The predicted molar refractivity (Wildman–Crippen MR) is 118 cm³/mol. The van der Waals surface area contributed by atoms with Gasteiger partial charge in [0.15, 0.2) is 0 Å². The fourth-order valence-corrected chi connectivity index (χ4v) is 4.25. The number of nitrogens with zero attached hydrogens (tertiary/aromatic N) is 4. The quantitative estimate of drug-likeness (QED) is 0.504. The Morgan fingerprint density at radius 1 is 0.933 bits per heavy atom. The van der Waals surface area contributed by atoms with Gasteiger partial charge in [0.1, 0.15) is 11.5 Å². The Hall–Kier alpha value is -3.47. The summed E-state index contributed by atoms with van der Waals surface area (Å²) < 4.78 is 2.24. The van der Waals surface area contributed by atoms with E-state index in [0.717, 1.165) is 54.8 Å². The van der Waals surface area contributed by atoms with E-state index in [-0.39, 0.29) is 5.91 Å². The summed E-state index contributed by atoms with van der Waals surface area (Å²) in [6.45, 7) is 2.47. The number of hydrogen-bond donors (Lipinski definition) is 0. The number of likely N-dealkylation sites (tertiary alicyclic amines) is 1. The van der Waals surface area contributed by atoms with Gasteiger partial charge in [0.2, 0.25) is 0 Å². The number of imidazole rings is 1. The topological polar surface area (TPSA) is 51.0 Å². The minimum absolute atomic E-state index is 0.0341. The lowest BCUT2D eigenvalue weighted by atomic mass is 9.96. The van der Waals surface area contributed by atoms with Gasteiger partial charge in [-0.1, -0.05) is 54.6 Å². The molecule has 1 saturated heterocycles. The molecule has 1 aliphatic heterocycles. The first-order chi connectivity index (χ1) is 14.8. The zero-order valence-electron chi connectivity index (χ0n) is 16.8. The van der Waals surface area contributed by atoms with Gasteiger partial charge in [-0.3, -0.25) is 4.79 Å². The van der Waals surface area contributed by atoms with Crippen molar-refractivity contribution in [2.24, 2.45) is 5.92 Å². The number of rotatable bonds is 4. The Morgan fingerprint density at radius 2 is 1.70 bits per heavy atom. The van der Waals surface area contributed by atoms with E-state index in [0.29, 0.717) is 11.6 Å². The van der Waals surface area contributed by atoms with Gasteiger partial charge in [-0.25, -0.2) is 9.97 Å². The summed E-state index contributed by atoms with van der Waals surface area (Å²) in [5.74, 6) is 1.58. The van der Waals surface area contributed by atoms with Crippen molar-refractivity contribution in [1.82, 2.24) is 19.4 Å². The van der Waals surface area contributed by atoms with Gasteiger partial charge in [0.05, 0.1) is 5.52 Å². The Labute approximate surface area is 176 Å². The average molecular weight is 396 g/mol. The molecule has 5 rings (SSSR count). The van der Waals surface area contributed by atoms with Crippen molar-refractivity contribution in [1.29, 1.82) is 0 Å². The molecule has 0 spiro atoms. The van der Waals surface area contributed by atoms with Crippen molar-refractivity contribution in [2.45, 2.75) is 19.4 Å². The number of hydrogen-bond acceptors (Lipinski definition) is 3. The number of pyridine rings is 1. The van der Waals surface area contributed by atoms with Gasteiger partial charge in [-0.15, -0.1) is 0 Å². The highest BCUT2D eigenvalue weighted by Crippen LogP contribution is 2.24. The lowest BCUT2D eigenvalue weighted by Crippen LogP contribution is -2.39. The van der Waals surface area contributed by atoms with Crippen molar-refractivity contribution >= 4 is 16.8 Å². The number of carbonyl (C=O) groups is 1. The van der Waals surface area contributed by atoms with Crippen molar-refractivity contribution in [3.05, 3.63) is 84.8 Å². The summed E-state index contributed by atoms with van der Waals surface area (Å²) in [6, 6.07) is 22.0. The minimum atomic E-state index is 0.0341. The van der Waals surface area contributed by atoms with Gasteiger partial charge in [-0.05, 0) is 30.9 Å². The molecule has 0 unspecified atom stereocenters. The number of carbonyl (C=O) groups excluding carboxylic acids is 1. The average Bonchev–Trinajstić information content (AvgIpc) is 3.27. The Bertz CT molecular complexity index is 1160. The van der Waals surface area contributed by atoms with Crippen molar-refractivity contribution in [3.8, 4) is 11.4 Å². The van der Waals surface area contributed by atoms with Crippen molar-refractivity contribution in [3.63, 3.8) is 0 Å². The smallest absolute Gasteiger partial charge is 0.272 e. The summed E-state index contributed by atoms with van der Waals surface area (Å²) in [4.78, 5) is 24.0. The molecule has 0 bridgehead atoms. The maximum absolute atomic E-state index is 13.0. The molecular weight excluding hydrogens is 372 g/mol. The standard InChI is InChI=1S/C25H24N4O/c30-25(23-11-10-20-6-4-5-9-22(20)27-23)28-15-12-19(13-16-28)18-29-17-14-26-24(29)21-7-2-1-3-8-21/h1-11,14,17,19H,12-13,15-16,18H2. The minimum Gasteiger partial charge on any atom is -0.337 e. The zero-order chi connectivity index (χ0) is 20.3. The van der Waals surface area contributed by atoms with Crippen LogP contribution < -0.4 is 0 Å². The van der Waals surface area contributed by atoms with Crippen LogP contribution in [0.1, 0.15) is 23.3 Å². The lowest BCUT2D eigenvalue weighted by Gasteiger charge is -2.32. The summed E-state index contributed by atoms with van der Waals surface area (Å²) in [6.07, 6.45) is 5.91. The van der Waals surface area contributed by atoms with E-state index in [1.54, 1.807) is 0 Å². The van der Waals surface area contributed by atoms with E-state index >= 15 is 0 Å². The summed E-state index contributed by atoms with van der Waals surface area (Å²) in [7, 11) is 0. The van der Waals surface area contributed by atoms with E-state index in [2.05, 4.69) is 32.9 Å². The first kappa shape index (κ1) is 18.6. The normalized spacial score (nSPS) is 14.9. The molecule has 2 aromatic carbocycles. The number of aromatic nitrogens is 3. The molecule has 150 valence electrons. The number of piperidine rings is 1. The highest BCUT2D eigenvalue weighted by atomic mass is 16.2. The maximum Gasteiger partial charge on any atom is 0.272 e. The highest BCUT2D eigenvalue weighted by Gasteiger charge is 2.25. The van der Waals surface area contributed by atoms with E-state index in [1.807, 2.05) is 65.7 Å². The fraction of sp³-hybridized carbons (Fsp3) is 0.240. The van der Waals surface area contributed by atoms with E-state index in [9.17, 15) is 4.79 Å². The second-order valence-electron chi connectivity index (χ2n) is 7.89. The number of para-hydroxylation sites is 1. The first-order valence-electron chi connectivity index (χ1n) is 10.5. The second kappa shape index (κ2) is 8.11. The zero-order valence-corrected chi connectivity index (χ0v) is 16.8. The van der Waals surface area contributed by atoms with Crippen LogP contribution in [-0.2, 0) is 6.54 Å². The van der Waals surface area contributed by atoms with Gasteiger partial charge in [0, 0.05) is 43.0 Å². The molecule has 0 aliphatic carbocycles. The third-order valence-corrected chi connectivity index (χ3v) is 5.92. The van der Waals surface area contributed by atoms with Gasteiger partial charge >= 0.3 is 0 Å². The number of amides is 1. The number of fused-ring (bicyclic) bond motifs is 1. The van der Waals surface area contributed by atoms with Crippen LogP contribution in [0.15, 0.2) is 79.1 Å². The molecule has 5 nitrogen and oxygen atoms in total. The molecule has 1 fully saturated rings. The van der Waals surface area contributed by atoms with E-state index < -0.39 is 0 Å². The van der Waals surface area contributed by atoms with Crippen LogP contribution in [0.2, 0.25) is 0 Å². The predicted octanol–water partition coefficient (Wildman–Crippen LogP) is 4.65. The molecule has 0 atom stereocenters. The third-order valence-electron chi connectivity index (χ3n) is 5.92. The molecular formula is C25H24N4O. The van der Waals surface area contributed by atoms with Crippen LogP contribution in [0, 0.1) is 5.92 Å². The van der Waals surface area contributed by atoms with Gasteiger partial charge < -0.3 is 9.47 Å². The van der Waals surface area contributed by atoms with Crippen LogP contribution in [-0.4, -0.2) is 38.4 Å². The molecule has 1 amide bonds. The Morgan fingerprint density at radius 3 is 2.53 bits per heavy atom. The Kier molecular flexibility index (Phi) is 5.01. The lowest BCUT2D eigenvalue weighted by molar-refractivity contribution is 0.0677. The van der Waals surface area contributed by atoms with E-state index in [4.69, 9.17) is 0 Å². The molecule has 30 heavy (non-hydrogen) atoms. The summed E-state index contributed by atoms with van der Waals surface area (Å²) in [5, 5.41) is 1.06. The number of benzene rings is 2. The summed E-state index contributed by atoms with van der Waals surface area (Å²) in [5.41, 5.74) is 2.54. The first-order valence-corrected chi connectivity index (χ1v) is 10.5. The Balaban J connectivity index is 1.23. The molecule has 0 radical (unpaired) electrons. The molecule has 0 saturated carbocycles. The van der Waals surface area contributed by atoms with Crippen molar-refractivity contribution in [2.75, 3.05) is 13.1 Å². The van der Waals surface area contributed by atoms with Crippen LogP contribution in [0.25, 0.3) is 22.3 Å². The fourth-order valence-electron chi connectivity index (χ4n) is 4.25. The third kappa shape index (κ3) is 3.71. The van der Waals surface area contributed by atoms with Crippen LogP contribution in [0.5, 0.6) is 0 Å². The molecule has 2 aromatic heterocycles. The largest absolute Gasteiger partial charge is 0.337 e. The van der Waals surface area contributed by atoms with Crippen LogP contribution in [0.3, 0.4) is 0 Å². The molecule has 4 aromatic rings. The maximum atomic E-state index is 13.0. The summed E-state index contributed by atoms with van der Waals surface area (Å²) >= 11 is 0. The van der Waals surface area contributed by atoms with E-state index in [1.165, 1.54) is 0 Å².